The van der Waals surface area contributed by atoms with Gasteiger partial charge in [-0.2, -0.15) is 0 Å². The van der Waals surface area contributed by atoms with Gasteiger partial charge in [-0.1, -0.05) is 47.5 Å². The summed E-state index contributed by atoms with van der Waals surface area (Å²) in [5.41, 5.74) is 3.91. The Kier molecular flexibility index (Phi) is 7.31. The number of nitrogens with one attached hydrogen (secondary N) is 1. The molecule has 0 atom stereocenters. The number of benzene rings is 3. The normalized spacial score (nSPS) is 15.3. The molecule has 2 aliphatic rings. The molecule has 3 aromatic carbocycles. The Morgan fingerprint density at radius 1 is 1.11 bits per heavy atom. The fourth-order valence-corrected chi connectivity index (χ4v) is 5.09. The molecule has 1 fully saturated rings. The lowest BCUT2D eigenvalue weighted by molar-refractivity contribution is -0.123. The number of fused-ring (bicyclic) bond motifs is 1. The van der Waals surface area contributed by atoms with Crippen LogP contribution in [0.5, 0.6) is 17.2 Å². The van der Waals surface area contributed by atoms with Crippen molar-refractivity contribution in [2.24, 2.45) is 0 Å². The standard InChI is InChI=1S/C28H23ClN2O6S/c1-16-7-8-21(17(2)9-16)30-26(32)14-35-22-6-4-3-5-18(22)11-25-27(33)31(28(34)38-25)13-19-10-23-24(12-20(19)29)37-15-36-23/h3-12H,13-15H2,1-2H3,(H,30,32)/b25-11-. The summed E-state index contributed by atoms with van der Waals surface area (Å²) >= 11 is 7.17. The zero-order valence-corrected chi connectivity index (χ0v) is 22.2. The van der Waals surface area contributed by atoms with Crippen LogP contribution in [0.4, 0.5) is 10.5 Å². The molecular weight excluding hydrogens is 528 g/mol. The molecule has 0 saturated carbocycles. The third kappa shape index (κ3) is 5.49. The number of thioether (sulfide) groups is 1. The van der Waals surface area contributed by atoms with Crippen LogP contribution in [0.25, 0.3) is 6.08 Å². The second-order valence-electron chi connectivity index (χ2n) is 8.76. The van der Waals surface area contributed by atoms with E-state index in [0.717, 1.165) is 27.8 Å². The summed E-state index contributed by atoms with van der Waals surface area (Å²) in [6.45, 7) is 3.77. The van der Waals surface area contributed by atoms with E-state index in [1.165, 1.54) is 0 Å². The number of rotatable bonds is 7. The summed E-state index contributed by atoms with van der Waals surface area (Å²) < 4.78 is 16.5. The summed E-state index contributed by atoms with van der Waals surface area (Å²) in [5, 5.41) is 2.80. The topological polar surface area (TPSA) is 94.2 Å². The monoisotopic (exact) mass is 550 g/mol. The van der Waals surface area contributed by atoms with E-state index >= 15 is 0 Å². The molecule has 0 radical (unpaired) electrons. The highest BCUT2D eigenvalue weighted by atomic mass is 35.5. The zero-order chi connectivity index (χ0) is 26.8. The van der Waals surface area contributed by atoms with Gasteiger partial charge in [0.15, 0.2) is 18.1 Å². The number of aryl methyl sites for hydroxylation is 2. The molecule has 0 unspecified atom stereocenters. The molecule has 2 aliphatic heterocycles. The van der Waals surface area contributed by atoms with Crippen LogP contribution >= 0.6 is 23.4 Å². The molecule has 3 amide bonds. The van der Waals surface area contributed by atoms with E-state index < -0.39 is 11.1 Å². The lowest BCUT2D eigenvalue weighted by Crippen LogP contribution is -2.27. The molecule has 0 aromatic heterocycles. The first-order valence-electron chi connectivity index (χ1n) is 11.7. The molecule has 1 saturated heterocycles. The second-order valence-corrected chi connectivity index (χ2v) is 10.2. The molecule has 10 heteroatoms. The summed E-state index contributed by atoms with van der Waals surface area (Å²) in [6.07, 6.45) is 1.59. The van der Waals surface area contributed by atoms with E-state index in [2.05, 4.69) is 5.32 Å². The number of para-hydroxylation sites is 1. The maximum absolute atomic E-state index is 13.1. The molecule has 0 bridgehead atoms. The van der Waals surface area contributed by atoms with Crippen molar-refractivity contribution in [3.8, 4) is 17.2 Å². The number of ether oxygens (including phenoxy) is 3. The second kappa shape index (κ2) is 10.8. The Hall–Kier alpha value is -3.95. The fraction of sp³-hybridized carbons (Fsp3) is 0.179. The van der Waals surface area contributed by atoms with E-state index in [0.29, 0.717) is 39.1 Å². The first-order chi connectivity index (χ1) is 18.3. The van der Waals surface area contributed by atoms with E-state index in [1.54, 1.807) is 42.5 Å². The van der Waals surface area contributed by atoms with Crippen molar-refractivity contribution in [2.45, 2.75) is 20.4 Å². The first kappa shape index (κ1) is 25.7. The molecule has 5 rings (SSSR count). The maximum Gasteiger partial charge on any atom is 0.293 e. The predicted octanol–water partition coefficient (Wildman–Crippen LogP) is 5.94. The van der Waals surface area contributed by atoms with E-state index in [1.807, 2.05) is 32.0 Å². The Bertz CT molecular complexity index is 1490. The van der Waals surface area contributed by atoms with Crippen molar-refractivity contribution in [1.29, 1.82) is 0 Å². The SMILES string of the molecule is Cc1ccc(NC(=O)COc2ccccc2/C=C2\SC(=O)N(Cc3cc4c(cc3Cl)OCO4)C2=O)c(C)c1. The zero-order valence-electron chi connectivity index (χ0n) is 20.6. The third-order valence-corrected chi connectivity index (χ3v) is 7.22. The van der Waals surface area contributed by atoms with Crippen LogP contribution in [-0.4, -0.2) is 35.4 Å². The average Bonchev–Trinajstić information content (AvgIpc) is 3.44. The van der Waals surface area contributed by atoms with Gasteiger partial charge < -0.3 is 19.5 Å². The van der Waals surface area contributed by atoms with Crippen molar-refractivity contribution >= 4 is 52.2 Å². The van der Waals surface area contributed by atoms with Gasteiger partial charge in [0.05, 0.1) is 11.4 Å². The summed E-state index contributed by atoms with van der Waals surface area (Å²) in [5.74, 6) is 0.685. The quantitative estimate of drug-likeness (QED) is 0.364. The van der Waals surface area contributed by atoms with E-state index in [-0.39, 0.29) is 30.8 Å². The molecular formula is C28H23ClN2O6S. The number of hydrogen-bond acceptors (Lipinski definition) is 7. The molecule has 8 nitrogen and oxygen atoms in total. The van der Waals surface area contributed by atoms with Gasteiger partial charge in [-0.3, -0.25) is 19.3 Å². The minimum absolute atomic E-state index is 0.00573. The van der Waals surface area contributed by atoms with Crippen molar-refractivity contribution in [1.82, 2.24) is 4.90 Å². The maximum atomic E-state index is 13.1. The van der Waals surface area contributed by atoms with Gasteiger partial charge in [0.1, 0.15) is 5.75 Å². The summed E-state index contributed by atoms with van der Waals surface area (Å²) in [7, 11) is 0. The minimum atomic E-state index is -0.448. The largest absolute Gasteiger partial charge is 0.483 e. The molecule has 0 spiro atoms. The van der Waals surface area contributed by atoms with Gasteiger partial charge in [-0.05, 0) is 61.0 Å². The van der Waals surface area contributed by atoms with Crippen molar-refractivity contribution in [3.05, 3.63) is 86.8 Å². The van der Waals surface area contributed by atoms with E-state index in [9.17, 15) is 14.4 Å². The highest BCUT2D eigenvalue weighted by Crippen LogP contribution is 2.39. The third-order valence-electron chi connectivity index (χ3n) is 5.96. The Balaban J connectivity index is 1.28. The molecule has 1 N–H and O–H groups in total. The molecule has 194 valence electrons. The first-order valence-corrected chi connectivity index (χ1v) is 12.9. The lowest BCUT2D eigenvalue weighted by atomic mass is 10.1. The number of carbonyl (C=O) groups is 3. The lowest BCUT2D eigenvalue weighted by Gasteiger charge is -2.14. The van der Waals surface area contributed by atoms with Crippen LogP contribution in [0.2, 0.25) is 5.02 Å². The van der Waals surface area contributed by atoms with Gasteiger partial charge in [0, 0.05) is 22.3 Å². The van der Waals surface area contributed by atoms with E-state index in [4.69, 9.17) is 25.8 Å². The van der Waals surface area contributed by atoms with Crippen molar-refractivity contribution < 1.29 is 28.6 Å². The van der Waals surface area contributed by atoms with Gasteiger partial charge in [0.2, 0.25) is 6.79 Å². The fourth-order valence-electron chi connectivity index (χ4n) is 4.04. The number of imide groups is 1. The van der Waals surface area contributed by atoms with Gasteiger partial charge in [-0.15, -0.1) is 0 Å². The van der Waals surface area contributed by atoms with Crippen LogP contribution in [0.3, 0.4) is 0 Å². The van der Waals surface area contributed by atoms with Gasteiger partial charge in [0.25, 0.3) is 17.1 Å². The summed E-state index contributed by atoms with van der Waals surface area (Å²) in [4.78, 5) is 39.7. The highest BCUT2D eigenvalue weighted by Gasteiger charge is 2.36. The van der Waals surface area contributed by atoms with Crippen LogP contribution < -0.4 is 19.5 Å². The van der Waals surface area contributed by atoms with Crippen LogP contribution in [0, 0.1) is 13.8 Å². The number of carbonyl (C=O) groups excluding carboxylic acids is 3. The Labute approximate surface area is 228 Å². The van der Waals surface area contributed by atoms with Crippen molar-refractivity contribution in [2.75, 3.05) is 18.7 Å². The number of hydrogen-bond donors (Lipinski definition) is 1. The smallest absolute Gasteiger partial charge is 0.293 e. The van der Waals surface area contributed by atoms with Crippen LogP contribution in [-0.2, 0) is 16.1 Å². The number of nitrogens with zero attached hydrogens (tertiary/aromatic N) is 1. The number of halogens is 1. The van der Waals surface area contributed by atoms with Crippen LogP contribution in [0.15, 0.2) is 59.5 Å². The molecule has 0 aliphatic carbocycles. The summed E-state index contributed by atoms with van der Waals surface area (Å²) in [6, 6.07) is 16.0. The average molecular weight is 551 g/mol. The predicted molar refractivity (Wildman–Crippen MR) is 146 cm³/mol. The number of amides is 3. The molecule has 38 heavy (non-hydrogen) atoms. The van der Waals surface area contributed by atoms with Crippen molar-refractivity contribution in [3.63, 3.8) is 0 Å². The Morgan fingerprint density at radius 3 is 2.66 bits per heavy atom. The molecule has 2 heterocycles. The Morgan fingerprint density at radius 2 is 1.87 bits per heavy atom. The molecule has 3 aromatic rings. The van der Waals surface area contributed by atoms with Gasteiger partial charge >= 0.3 is 0 Å². The number of anilines is 1. The highest BCUT2D eigenvalue weighted by molar-refractivity contribution is 8.18. The van der Waals surface area contributed by atoms with Gasteiger partial charge in [-0.25, -0.2) is 0 Å². The van der Waals surface area contributed by atoms with Crippen LogP contribution in [0.1, 0.15) is 22.3 Å². The minimum Gasteiger partial charge on any atom is -0.483 e.